The van der Waals surface area contributed by atoms with E-state index in [4.69, 9.17) is 4.98 Å². The third-order valence-corrected chi connectivity index (χ3v) is 5.46. The van der Waals surface area contributed by atoms with Crippen molar-refractivity contribution in [1.82, 2.24) is 4.98 Å². The van der Waals surface area contributed by atoms with E-state index in [0.29, 0.717) is 6.04 Å². The van der Waals surface area contributed by atoms with Crippen LogP contribution in [0.3, 0.4) is 0 Å². The summed E-state index contributed by atoms with van der Waals surface area (Å²) in [6.45, 7) is 0. The fourth-order valence-electron chi connectivity index (χ4n) is 3.01. The highest BCUT2D eigenvalue weighted by Crippen LogP contribution is 2.35. The number of benzene rings is 2. The quantitative estimate of drug-likeness (QED) is 0.649. The Morgan fingerprint density at radius 3 is 3.05 bits per heavy atom. The van der Waals surface area contributed by atoms with E-state index in [2.05, 4.69) is 57.6 Å². The normalized spacial score (nSPS) is 17.7. The molecule has 0 fully saturated rings. The Morgan fingerprint density at radius 1 is 1.19 bits per heavy atom. The monoisotopic (exact) mass is 358 g/mol. The number of fused-ring (bicyclic) bond motifs is 2. The molecule has 2 aromatic carbocycles. The minimum atomic E-state index is 0.388. The van der Waals surface area contributed by atoms with Crippen molar-refractivity contribution in [2.24, 2.45) is 0 Å². The van der Waals surface area contributed by atoms with Crippen LogP contribution in [0.4, 0.5) is 5.13 Å². The van der Waals surface area contributed by atoms with Gasteiger partial charge in [0, 0.05) is 4.47 Å². The van der Waals surface area contributed by atoms with Crippen molar-refractivity contribution in [3.05, 3.63) is 58.1 Å². The van der Waals surface area contributed by atoms with Gasteiger partial charge in [0.1, 0.15) is 0 Å². The highest BCUT2D eigenvalue weighted by molar-refractivity contribution is 9.10. The number of nitrogens with one attached hydrogen (secondary N) is 1. The first kappa shape index (κ1) is 13.3. The average Bonchev–Trinajstić information content (AvgIpc) is 2.89. The van der Waals surface area contributed by atoms with Gasteiger partial charge < -0.3 is 5.32 Å². The van der Waals surface area contributed by atoms with Gasteiger partial charge in [-0.2, -0.15) is 0 Å². The second-order valence-electron chi connectivity index (χ2n) is 5.42. The number of hydrogen-bond acceptors (Lipinski definition) is 3. The van der Waals surface area contributed by atoms with Crippen LogP contribution in [0.1, 0.15) is 30.0 Å². The zero-order valence-corrected chi connectivity index (χ0v) is 13.9. The van der Waals surface area contributed by atoms with Crippen LogP contribution in [0, 0.1) is 0 Å². The Bertz CT molecular complexity index is 796. The predicted molar refractivity (Wildman–Crippen MR) is 93.1 cm³/mol. The zero-order valence-electron chi connectivity index (χ0n) is 11.5. The van der Waals surface area contributed by atoms with Gasteiger partial charge in [0.05, 0.1) is 16.3 Å². The third kappa shape index (κ3) is 2.58. The van der Waals surface area contributed by atoms with E-state index >= 15 is 0 Å². The van der Waals surface area contributed by atoms with Gasteiger partial charge in [0.2, 0.25) is 0 Å². The van der Waals surface area contributed by atoms with Crippen molar-refractivity contribution in [2.75, 3.05) is 5.32 Å². The van der Waals surface area contributed by atoms with Crippen LogP contribution in [0.2, 0.25) is 0 Å². The number of hydrogen-bond donors (Lipinski definition) is 1. The molecule has 1 aliphatic carbocycles. The lowest BCUT2D eigenvalue weighted by atomic mass is 9.88. The van der Waals surface area contributed by atoms with E-state index in [-0.39, 0.29) is 0 Å². The van der Waals surface area contributed by atoms with E-state index < -0.39 is 0 Å². The molecule has 1 heterocycles. The van der Waals surface area contributed by atoms with Crippen molar-refractivity contribution in [2.45, 2.75) is 25.3 Å². The molecular formula is C17H15BrN2S. The Balaban J connectivity index is 1.66. The SMILES string of the molecule is Brc1ccc2nc(NC3CCCc4ccccc43)sc2c1. The third-order valence-electron chi connectivity index (χ3n) is 4.02. The molecule has 0 bridgehead atoms. The summed E-state index contributed by atoms with van der Waals surface area (Å²) in [6.07, 6.45) is 3.61. The summed E-state index contributed by atoms with van der Waals surface area (Å²) in [4.78, 5) is 4.71. The van der Waals surface area contributed by atoms with Crippen LogP contribution in [0.5, 0.6) is 0 Å². The fourth-order valence-corrected chi connectivity index (χ4v) is 4.48. The van der Waals surface area contributed by atoms with Crippen molar-refractivity contribution in [1.29, 1.82) is 0 Å². The molecule has 0 saturated carbocycles. The average molecular weight is 359 g/mol. The Hall–Kier alpha value is -1.39. The number of nitrogens with zero attached hydrogens (tertiary/aromatic N) is 1. The molecule has 1 atom stereocenters. The molecule has 0 aliphatic heterocycles. The number of aromatic nitrogens is 1. The number of aryl methyl sites for hydroxylation is 1. The summed E-state index contributed by atoms with van der Waals surface area (Å²) in [5.74, 6) is 0. The van der Waals surface area contributed by atoms with E-state index in [9.17, 15) is 0 Å². The van der Waals surface area contributed by atoms with Gasteiger partial charge in [-0.25, -0.2) is 4.98 Å². The molecule has 0 radical (unpaired) electrons. The van der Waals surface area contributed by atoms with E-state index in [1.807, 2.05) is 6.07 Å². The van der Waals surface area contributed by atoms with Crippen LogP contribution < -0.4 is 5.32 Å². The Morgan fingerprint density at radius 2 is 2.10 bits per heavy atom. The summed E-state index contributed by atoms with van der Waals surface area (Å²) >= 11 is 5.25. The standard InChI is InChI=1S/C17H15BrN2S/c18-12-8-9-15-16(10-12)21-17(20-15)19-14-7-3-5-11-4-1-2-6-13(11)14/h1-2,4,6,8-10,14H,3,5,7H2,(H,19,20). The summed E-state index contributed by atoms with van der Waals surface area (Å²) in [6, 6.07) is 15.4. The van der Waals surface area contributed by atoms with Gasteiger partial charge in [-0.3, -0.25) is 0 Å². The van der Waals surface area contributed by atoms with E-state index in [0.717, 1.165) is 15.1 Å². The first-order valence-corrected chi connectivity index (χ1v) is 8.81. The molecule has 0 amide bonds. The molecule has 0 spiro atoms. The molecule has 4 rings (SSSR count). The topological polar surface area (TPSA) is 24.9 Å². The second kappa shape index (κ2) is 5.43. The van der Waals surface area contributed by atoms with Gasteiger partial charge in [0.25, 0.3) is 0 Å². The van der Waals surface area contributed by atoms with Crippen LogP contribution >= 0.6 is 27.3 Å². The van der Waals surface area contributed by atoms with Crippen molar-refractivity contribution in [3.8, 4) is 0 Å². The van der Waals surface area contributed by atoms with Gasteiger partial charge in [-0.1, -0.05) is 51.5 Å². The first-order chi connectivity index (χ1) is 10.3. The minimum absolute atomic E-state index is 0.388. The highest BCUT2D eigenvalue weighted by atomic mass is 79.9. The van der Waals surface area contributed by atoms with Crippen LogP contribution in [0.15, 0.2) is 46.9 Å². The Kier molecular flexibility index (Phi) is 3.43. The molecule has 1 N–H and O–H groups in total. The van der Waals surface area contributed by atoms with Gasteiger partial charge >= 0.3 is 0 Å². The lowest BCUT2D eigenvalue weighted by molar-refractivity contribution is 0.600. The lowest BCUT2D eigenvalue weighted by Gasteiger charge is -2.26. The molecule has 21 heavy (non-hydrogen) atoms. The van der Waals surface area contributed by atoms with Gasteiger partial charge in [0.15, 0.2) is 5.13 Å². The lowest BCUT2D eigenvalue weighted by Crippen LogP contribution is -2.17. The first-order valence-electron chi connectivity index (χ1n) is 7.20. The highest BCUT2D eigenvalue weighted by Gasteiger charge is 2.20. The maximum absolute atomic E-state index is 4.71. The second-order valence-corrected chi connectivity index (χ2v) is 7.37. The molecule has 106 valence electrons. The number of rotatable bonds is 2. The smallest absolute Gasteiger partial charge is 0.184 e. The number of anilines is 1. The van der Waals surface area contributed by atoms with Crippen LogP contribution in [0.25, 0.3) is 10.2 Å². The summed E-state index contributed by atoms with van der Waals surface area (Å²) < 4.78 is 2.32. The minimum Gasteiger partial charge on any atom is -0.355 e. The van der Waals surface area contributed by atoms with Gasteiger partial charge in [-0.05, 0) is 48.6 Å². The molecule has 1 aromatic heterocycles. The Labute approximate surface area is 136 Å². The van der Waals surface area contributed by atoms with Crippen molar-refractivity contribution in [3.63, 3.8) is 0 Å². The molecule has 0 saturated heterocycles. The maximum Gasteiger partial charge on any atom is 0.184 e. The molecule has 2 nitrogen and oxygen atoms in total. The predicted octanol–water partition coefficient (Wildman–Crippen LogP) is 5.55. The fraction of sp³-hybridized carbons (Fsp3) is 0.235. The van der Waals surface area contributed by atoms with Crippen LogP contribution in [-0.4, -0.2) is 4.98 Å². The molecule has 1 aliphatic rings. The number of thiazole rings is 1. The van der Waals surface area contributed by atoms with E-state index in [1.54, 1.807) is 11.3 Å². The largest absolute Gasteiger partial charge is 0.355 e. The molecule has 1 unspecified atom stereocenters. The van der Waals surface area contributed by atoms with Crippen LogP contribution in [-0.2, 0) is 6.42 Å². The molecule has 4 heteroatoms. The molecular weight excluding hydrogens is 344 g/mol. The summed E-state index contributed by atoms with van der Waals surface area (Å²) in [7, 11) is 0. The summed E-state index contributed by atoms with van der Waals surface area (Å²) in [5, 5.41) is 4.66. The van der Waals surface area contributed by atoms with Gasteiger partial charge in [-0.15, -0.1) is 0 Å². The zero-order chi connectivity index (χ0) is 14.2. The summed E-state index contributed by atoms with van der Waals surface area (Å²) in [5.41, 5.74) is 3.98. The maximum atomic E-state index is 4.71. The molecule has 3 aromatic rings. The van der Waals surface area contributed by atoms with Crippen molar-refractivity contribution >= 4 is 42.6 Å². The number of halogens is 1. The van der Waals surface area contributed by atoms with E-state index in [1.165, 1.54) is 35.1 Å². The van der Waals surface area contributed by atoms with Crippen molar-refractivity contribution < 1.29 is 0 Å².